The maximum Gasteiger partial charge on any atom is 0.313 e. The molecule has 0 saturated heterocycles. The standard InChI is InChI=1S/C21H25NO6/c1-5-16(14-9-7-6-8-10-14)21(24)28-13-19(23)22-15-11-17(25-2)20(27-4)18(12-15)26-3/h6-12,16H,5,13H2,1-4H3,(H,22,23)/t16-/m1/s1. The van der Waals surface area contributed by atoms with Crippen LogP contribution < -0.4 is 19.5 Å². The molecule has 0 bridgehead atoms. The molecule has 0 aliphatic rings. The summed E-state index contributed by atoms with van der Waals surface area (Å²) < 4.78 is 21.0. The van der Waals surface area contributed by atoms with Gasteiger partial charge in [-0.2, -0.15) is 0 Å². The highest BCUT2D eigenvalue weighted by atomic mass is 16.5. The Morgan fingerprint density at radius 1 is 0.964 bits per heavy atom. The third-order valence-electron chi connectivity index (χ3n) is 4.19. The number of amides is 1. The van der Waals surface area contributed by atoms with E-state index in [1.165, 1.54) is 21.3 Å². The largest absolute Gasteiger partial charge is 0.493 e. The number of rotatable bonds is 9. The number of anilines is 1. The molecule has 0 heterocycles. The second-order valence-electron chi connectivity index (χ2n) is 5.94. The van der Waals surface area contributed by atoms with Gasteiger partial charge in [-0.25, -0.2) is 0 Å². The molecular formula is C21H25NO6. The molecule has 0 aliphatic heterocycles. The molecule has 0 saturated carbocycles. The van der Waals surface area contributed by atoms with Gasteiger partial charge in [0.25, 0.3) is 5.91 Å². The van der Waals surface area contributed by atoms with Gasteiger partial charge >= 0.3 is 5.97 Å². The van der Waals surface area contributed by atoms with Crippen molar-refractivity contribution in [3.8, 4) is 17.2 Å². The first kappa shape index (κ1) is 21.1. The van der Waals surface area contributed by atoms with Crippen LogP contribution in [0.15, 0.2) is 42.5 Å². The molecule has 1 amide bonds. The molecule has 7 heteroatoms. The molecule has 0 unspecified atom stereocenters. The summed E-state index contributed by atoms with van der Waals surface area (Å²) in [6, 6.07) is 12.5. The fourth-order valence-corrected chi connectivity index (χ4v) is 2.81. The highest BCUT2D eigenvalue weighted by molar-refractivity contribution is 5.94. The third kappa shape index (κ3) is 5.16. The van der Waals surface area contributed by atoms with Crippen LogP contribution in [0, 0.1) is 0 Å². The fraction of sp³-hybridized carbons (Fsp3) is 0.333. The van der Waals surface area contributed by atoms with Crippen LogP contribution in [-0.2, 0) is 14.3 Å². The highest BCUT2D eigenvalue weighted by Gasteiger charge is 2.21. The lowest BCUT2D eigenvalue weighted by Gasteiger charge is -2.16. The number of benzene rings is 2. The van der Waals surface area contributed by atoms with Gasteiger partial charge in [-0.1, -0.05) is 37.3 Å². The zero-order chi connectivity index (χ0) is 20.5. The lowest BCUT2D eigenvalue weighted by Crippen LogP contribution is -2.24. The molecule has 2 aromatic carbocycles. The number of methoxy groups -OCH3 is 3. The van der Waals surface area contributed by atoms with E-state index in [9.17, 15) is 9.59 Å². The topological polar surface area (TPSA) is 83.1 Å². The van der Waals surface area contributed by atoms with Gasteiger partial charge in [0.1, 0.15) is 0 Å². The van der Waals surface area contributed by atoms with Crippen LogP contribution in [0.5, 0.6) is 17.2 Å². The van der Waals surface area contributed by atoms with E-state index in [4.69, 9.17) is 18.9 Å². The molecule has 2 aromatic rings. The van der Waals surface area contributed by atoms with Crippen LogP contribution in [0.4, 0.5) is 5.69 Å². The van der Waals surface area contributed by atoms with Gasteiger partial charge in [-0.05, 0) is 12.0 Å². The molecule has 150 valence electrons. The number of hydrogen-bond acceptors (Lipinski definition) is 6. The average molecular weight is 387 g/mol. The normalized spacial score (nSPS) is 11.3. The first-order chi connectivity index (χ1) is 13.5. The van der Waals surface area contributed by atoms with E-state index in [1.54, 1.807) is 12.1 Å². The van der Waals surface area contributed by atoms with Gasteiger partial charge in [-0.15, -0.1) is 0 Å². The van der Waals surface area contributed by atoms with Gasteiger partial charge in [0, 0.05) is 17.8 Å². The minimum Gasteiger partial charge on any atom is -0.493 e. The summed E-state index contributed by atoms with van der Waals surface area (Å²) in [4.78, 5) is 24.6. The minimum atomic E-state index is -0.467. The lowest BCUT2D eigenvalue weighted by molar-refractivity contribution is -0.149. The Labute approximate surface area is 164 Å². The van der Waals surface area contributed by atoms with Crippen LogP contribution in [0.1, 0.15) is 24.8 Å². The van der Waals surface area contributed by atoms with E-state index in [2.05, 4.69) is 5.32 Å². The first-order valence-corrected chi connectivity index (χ1v) is 8.85. The predicted molar refractivity (Wildman–Crippen MR) is 105 cm³/mol. The second-order valence-corrected chi connectivity index (χ2v) is 5.94. The Morgan fingerprint density at radius 3 is 2.07 bits per heavy atom. The smallest absolute Gasteiger partial charge is 0.313 e. The summed E-state index contributed by atoms with van der Waals surface area (Å²) in [6.45, 7) is 1.51. The van der Waals surface area contributed by atoms with Gasteiger partial charge < -0.3 is 24.3 Å². The summed E-state index contributed by atoms with van der Waals surface area (Å²) in [5.74, 6) is -0.0777. The predicted octanol–water partition coefficient (Wildman–Crippen LogP) is 3.39. The van der Waals surface area contributed by atoms with Crippen molar-refractivity contribution in [1.29, 1.82) is 0 Å². The summed E-state index contributed by atoms with van der Waals surface area (Å²) in [5.41, 5.74) is 1.30. The van der Waals surface area contributed by atoms with Gasteiger partial charge in [0.05, 0.1) is 27.2 Å². The van der Waals surface area contributed by atoms with Crippen molar-refractivity contribution in [2.75, 3.05) is 33.3 Å². The molecule has 0 aliphatic carbocycles. The number of carbonyl (C=O) groups is 2. The van der Waals surface area contributed by atoms with E-state index in [0.29, 0.717) is 29.4 Å². The van der Waals surface area contributed by atoms with Crippen molar-refractivity contribution in [3.63, 3.8) is 0 Å². The van der Waals surface area contributed by atoms with E-state index < -0.39 is 24.4 Å². The Bertz CT molecular complexity index is 781. The lowest BCUT2D eigenvalue weighted by atomic mass is 9.97. The maximum atomic E-state index is 12.4. The zero-order valence-corrected chi connectivity index (χ0v) is 16.5. The maximum absolute atomic E-state index is 12.4. The summed E-state index contributed by atoms with van der Waals surface area (Å²) in [7, 11) is 4.47. The monoisotopic (exact) mass is 387 g/mol. The van der Waals surface area contributed by atoms with Crippen LogP contribution in [0.25, 0.3) is 0 Å². The van der Waals surface area contributed by atoms with Gasteiger partial charge in [0.15, 0.2) is 18.1 Å². The first-order valence-electron chi connectivity index (χ1n) is 8.85. The zero-order valence-electron chi connectivity index (χ0n) is 16.5. The molecule has 7 nitrogen and oxygen atoms in total. The van der Waals surface area contributed by atoms with Gasteiger partial charge in [-0.3, -0.25) is 9.59 Å². The quantitative estimate of drug-likeness (QED) is 0.664. The van der Waals surface area contributed by atoms with Crippen molar-refractivity contribution in [2.45, 2.75) is 19.3 Å². The number of hydrogen-bond donors (Lipinski definition) is 1. The van der Waals surface area contributed by atoms with E-state index in [-0.39, 0.29) is 0 Å². The van der Waals surface area contributed by atoms with Crippen LogP contribution in [0.3, 0.4) is 0 Å². The Morgan fingerprint density at radius 2 is 1.57 bits per heavy atom. The summed E-state index contributed by atoms with van der Waals surface area (Å²) >= 11 is 0. The van der Waals surface area contributed by atoms with Crippen molar-refractivity contribution in [3.05, 3.63) is 48.0 Å². The Hall–Kier alpha value is -3.22. The molecule has 0 aromatic heterocycles. The van der Waals surface area contributed by atoms with Crippen LogP contribution in [-0.4, -0.2) is 39.8 Å². The van der Waals surface area contributed by atoms with Crippen molar-refractivity contribution >= 4 is 17.6 Å². The molecule has 2 rings (SSSR count). The molecule has 1 atom stereocenters. The Kier molecular flexibility index (Phi) is 7.68. The highest BCUT2D eigenvalue weighted by Crippen LogP contribution is 2.39. The molecular weight excluding hydrogens is 362 g/mol. The van der Waals surface area contributed by atoms with Gasteiger partial charge in [0.2, 0.25) is 5.75 Å². The van der Waals surface area contributed by atoms with Crippen LogP contribution >= 0.6 is 0 Å². The van der Waals surface area contributed by atoms with Crippen molar-refractivity contribution in [1.82, 2.24) is 0 Å². The van der Waals surface area contributed by atoms with E-state index >= 15 is 0 Å². The Balaban J connectivity index is 2.01. The van der Waals surface area contributed by atoms with Crippen molar-refractivity contribution < 1.29 is 28.5 Å². The van der Waals surface area contributed by atoms with Crippen molar-refractivity contribution in [2.24, 2.45) is 0 Å². The minimum absolute atomic E-state index is 0.390. The number of esters is 1. The van der Waals surface area contributed by atoms with Crippen LogP contribution in [0.2, 0.25) is 0 Å². The van der Waals surface area contributed by atoms with E-state index in [1.807, 2.05) is 37.3 Å². The molecule has 0 spiro atoms. The number of ether oxygens (including phenoxy) is 4. The fourth-order valence-electron chi connectivity index (χ4n) is 2.81. The summed E-state index contributed by atoms with van der Waals surface area (Å²) in [6.07, 6.45) is 0.581. The molecule has 1 N–H and O–H groups in total. The average Bonchev–Trinajstić information content (AvgIpc) is 2.72. The number of carbonyl (C=O) groups excluding carboxylic acids is 2. The molecule has 0 radical (unpaired) electrons. The third-order valence-corrected chi connectivity index (χ3v) is 4.19. The molecule has 28 heavy (non-hydrogen) atoms. The molecule has 0 fully saturated rings. The van der Waals surface area contributed by atoms with E-state index in [0.717, 1.165) is 5.56 Å². The SMILES string of the molecule is CC[C@@H](C(=O)OCC(=O)Nc1cc(OC)c(OC)c(OC)c1)c1ccccc1. The summed E-state index contributed by atoms with van der Waals surface area (Å²) in [5, 5.41) is 2.66. The second kappa shape index (κ2) is 10.2. The number of nitrogens with one attached hydrogen (secondary N) is 1.